The van der Waals surface area contributed by atoms with E-state index in [-0.39, 0.29) is 5.97 Å². The molecule has 0 radical (unpaired) electrons. The second-order valence-corrected chi connectivity index (χ2v) is 2.68. The van der Waals surface area contributed by atoms with E-state index < -0.39 is 0 Å². The van der Waals surface area contributed by atoms with Gasteiger partial charge in [0.25, 0.3) is 0 Å². The fraction of sp³-hybridized carbons (Fsp3) is 0.333. The van der Waals surface area contributed by atoms with E-state index in [0.717, 1.165) is 11.3 Å². The molecule has 0 atom stereocenters. The highest BCUT2D eigenvalue weighted by Gasteiger charge is 2.02. The molecule has 0 aliphatic heterocycles. The lowest BCUT2D eigenvalue weighted by Crippen LogP contribution is -2.03. The van der Waals surface area contributed by atoms with E-state index in [0.29, 0.717) is 5.75 Å². The maximum absolute atomic E-state index is 10.6. The molecule has 0 aliphatic rings. The third kappa shape index (κ3) is 2.05. The zero-order chi connectivity index (χ0) is 9.14. The SMILES string of the molecule is CC(=O)Oc1cnc(C)cc1C. The zero-order valence-electron chi connectivity index (χ0n) is 7.42. The molecule has 0 amide bonds. The number of aromatic nitrogens is 1. The molecule has 0 fully saturated rings. The van der Waals surface area contributed by atoms with Crippen molar-refractivity contribution < 1.29 is 9.53 Å². The molecule has 12 heavy (non-hydrogen) atoms. The Labute approximate surface area is 71.4 Å². The van der Waals surface area contributed by atoms with Crippen molar-refractivity contribution in [1.29, 1.82) is 0 Å². The number of esters is 1. The summed E-state index contributed by atoms with van der Waals surface area (Å²) < 4.78 is 4.90. The van der Waals surface area contributed by atoms with Crippen LogP contribution in [0.4, 0.5) is 0 Å². The van der Waals surface area contributed by atoms with Crippen LogP contribution >= 0.6 is 0 Å². The maximum Gasteiger partial charge on any atom is 0.308 e. The molecule has 0 N–H and O–H groups in total. The van der Waals surface area contributed by atoms with Crippen LogP contribution in [0.5, 0.6) is 5.75 Å². The average molecular weight is 165 g/mol. The smallest absolute Gasteiger partial charge is 0.308 e. The number of hydrogen-bond donors (Lipinski definition) is 0. The second-order valence-electron chi connectivity index (χ2n) is 2.68. The lowest BCUT2D eigenvalue weighted by Gasteiger charge is -2.04. The van der Waals surface area contributed by atoms with Gasteiger partial charge in [0.15, 0.2) is 5.75 Å². The molecule has 64 valence electrons. The van der Waals surface area contributed by atoms with Gasteiger partial charge in [0.05, 0.1) is 6.20 Å². The molecule has 3 nitrogen and oxygen atoms in total. The molecule has 1 heterocycles. The first-order valence-corrected chi connectivity index (χ1v) is 3.71. The van der Waals surface area contributed by atoms with Crippen molar-refractivity contribution in [1.82, 2.24) is 4.98 Å². The third-order valence-corrected chi connectivity index (χ3v) is 1.45. The van der Waals surface area contributed by atoms with Crippen LogP contribution in [0.25, 0.3) is 0 Å². The molecule has 0 aromatic carbocycles. The molecule has 0 spiro atoms. The summed E-state index contributed by atoms with van der Waals surface area (Å²) in [4.78, 5) is 14.6. The number of hydrogen-bond acceptors (Lipinski definition) is 3. The summed E-state index contributed by atoms with van der Waals surface area (Å²) in [5.74, 6) is 0.219. The van der Waals surface area contributed by atoms with Gasteiger partial charge in [0.1, 0.15) is 0 Å². The number of carbonyl (C=O) groups excluding carboxylic acids is 1. The van der Waals surface area contributed by atoms with Gasteiger partial charge in [0, 0.05) is 12.6 Å². The standard InChI is InChI=1S/C9H11NO2/c1-6-4-7(2)10-5-9(6)12-8(3)11/h4-5H,1-3H3. The van der Waals surface area contributed by atoms with Crippen LogP contribution in [-0.2, 0) is 4.79 Å². The third-order valence-electron chi connectivity index (χ3n) is 1.45. The van der Waals surface area contributed by atoms with Crippen molar-refractivity contribution in [2.75, 3.05) is 0 Å². The van der Waals surface area contributed by atoms with Gasteiger partial charge in [-0.25, -0.2) is 0 Å². The molecule has 0 unspecified atom stereocenters. The minimum Gasteiger partial charge on any atom is -0.425 e. The highest BCUT2D eigenvalue weighted by atomic mass is 16.5. The second kappa shape index (κ2) is 3.34. The monoisotopic (exact) mass is 165 g/mol. The minimum absolute atomic E-state index is 0.316. The van der Waals surface area contributed by atoms with Crippen molar-refractivity contribution in [3.63, 3.8) is 0 Å². The van der Waals surface area contributed by atoms with Crippen molar-refractivity contribution >= 4 is 5.97 Å². The van der Waals surface area contributed by atoms with Gasteiger partial charge in [0.2, 0.25) is 0 Å². The summed E-state index contributed by atoms with van der Waals surface area (Å²) >= 11 is 0. The van der Waals surface area contributed by atoms with Gasteiger partial charge in [-0.1, -0.05) is 0 Å². The quantitative estimate of drug-likeness (QED) is 0.593. The number of aryl methyl sites for hydroxylation is 2. The van der Waals surface area contributed by atoms with E-state index in [4.69, 9.17) is 4.74 Å². The molecule has 1 aromatic rings. The van der Waals surface area contributed by atoms with E-state index in [1.54, 1.807) is 6.20 Å². The summed E-state index contributed by atoms with van der Waals surface area (Å²) in [5.41, 5.74) is 1.85. The molecule has 0 bridgehead atoms. The van der Waals surface area contributed by atoms with E-state index in [1.165, 1.54) is 6.92 Å². The van der Waals surface area contributed by atoms with Crippen LogP contribution in [0.3, 0.4) is 0 Å². The largest absolute Gasteiger partial charge is 0.425 e. The topological polar surface area (TPSA) is 39.2 Å². The molecule has 3 heteroatoms. The Hall–Kier alpha value is -1.38. The molecular weight excluding hydrogens is 154 g/mol. The number of carbonyl (C=O) groups is 1. The van der Waals surface area contributed by atoms with Crippen molar-refractivity contribution in [2.45, 2.75) is 20.8 Å². The Balaban J connectivity index is 2.93. The molecular formula is C9H11NO2. The van der Waals surface area contributed by atoms with Crippen LogP contribution in [0.2, 0.25) is 0 Å². The Morgan fingerprint density at radius 1 is 1.50 bits per heavy atom. The lowest BCUT2D eigenvalue weighted by molar-refractivity contribution is -0.131. The van der Waals surface area contributed by atoms with Crippen LogP contribution in [-0.4, -0.2) is 11.0 Å². The van der Waals surface area contributed by atoms with Gasteiger partial charge < -0.3 is 4.74 Å². The Bertz CT molecular complexity index is 307. The van der Waals surface area contributed by atoms with E-state index in [9.17, 15) is 4.79 Å². The van der Waals surface area contributed by atoms with E-state index in [1.807, 2.05) is 19.9 Å². The van der Waals surface area contributed by atoms with Gasteiger partial charge >= 0.3 is 5.97 Å². The predicted octanol–water partition coefficient (Wildman–Crippen LogP) is 1.62. The first-order valence-electron chi connectivity index (χ1n) is 3.71. The van der Waals surface area contributed by atoms with Gasteiger partial charge in [-0.05, 0) is 25.5 Å². The van der Waals surface area contributed by atoms with Crippen LogP contribution in [0.15, 0.2) is 12.3 Å². The number of rotatable bonds is 1. The fourth-order valence-electron chi connectivity index (χ4n) is 0.946. The van der Waals surface area contributed by atoms with Gasteiger partial charge in [-0.3, -0.25) is 9.78 Å². The molecule has 0 saturated carbocycles. The highest BCUT2D eigenvalue weighted by molar-refractivity contribution is 5.69. The normalized spacial score (nSPS) is 9.58. The summed E-state index contributed by atoms with van der Waals surface area (Å²) in [6.07, 6.45) is 1.56. The fourth-order valence-corrected chi connectivity index (χ4v) is 0.946. The van der Waals surface area contributed by atoms with E-state index in [2.05, 4.69) is 4.98 Å². The van der Waals surface area contributed by atoms with Crippen LogP contribution < -0.4 is 4.74 Å². The molecule has 1 aromatic heterocycles. The summed E-state index contributed by atoms with van der Waals surface area (Å²) in [6, 6.07) is 1.87. The molecule has 1 rings (SSSR count). The zero-order valence-corrected chi connectivity index (χ0v) is 7.42. The van der Waals surface area contributed by atoms with Crippen LogP contribution in [0, 0.1) is 13.8 Å². The Kier molecular flexibility index (Phi) is 2.43. The number of pyridine rings is 1. The summed E-state index contributed by atoms with van der Waals surface area (Å²) in [5, 5.41) is 0. The lowest BCUT2D eigenvalue weighted by atomic mass is 10.2. The minimum atomic E-state index is -0.316. The Morgan fingerprint density at radius 3 is 2.67 bits per heavy atom. The van der Waals surface area contributed by atoms with E-state index >= 15 is 0 Å². The van der Waals surface area contributed by atoms with Crippen molar-refractivity contribution in [3.05, 3.63) is 23.5 Å². The number of ether oxygens (including phenoxy) is 1. The maximum atomic E-state index is 10.6. The molecule has 0 aliphatic carbocycles. The summed E-state index contributed by atoms with van der Waals surface area (Å²) in [7, 11) is 0. The Morgan fingerprint density at radius 2 is 2.17 bits per heavy atom. The highest BCUT2D eigenvalue weighted by Crippen LogP contribution is 2.16. The van der Waals surface area contributed by atoms with Crippen molar-refractivity contribution in [2.24, 2.45) is 0 Å². The first-order chi connectivity index (χ1) is 5.59. The van der Waals surface area contributed by atoms with Gasteiger partial charge in [-0.2, -0.15) is 0 Å². The van der Waals surface area contributed by atoms with Gasteiger partial charge in [-0.15, -0.1) is 0 Å². The number of nitrogens with zero attached hydrogens (tertiary/aromatic N) is 1. The average Bonchev–Trinajstić information content (AvgIpc) is 1.94. The van der Waals surface area contributed by atoms with Crippen LogP contribution in [0.1, 0.15) is 18.2 Å². The van der Waals surface area contributed by atoms with Crippen molar-refractivity contribution in [3.8, 4) is 5.75 Å². The predicted molar refractivity (Wildman–Crippen MR) is 45.0 cm³/mol. The molecule has 0 saturated heterocycles. The first kappa shape index (κ1) is 8.71. The summed E-state index contributed by atoms with van der Waals surface area (Å²) in [6.45, 7) is 5.15.